The van der Waals surface area contributed by atoms with Gasteiger partial charge in [0.15, 0.2) is 17.0 Å². The Morgan fingerprint density at radius 2 is 1.83 bits per heavy atom. The SMILES string of the molecule is CC(C)n1c(-c2ccccc2)nc2c(NC3CCCC3)ncnc21. The molecule has 0 unspecified atom stereocenters. The van der Waals surface area contributed by atoms with Crippen LogP contribution in [0.25, 0.3) is 22.6 Å². The fourth-order valence-corrected chi connectivity index (χ4v) is 3.56. The molecule has 4 rings (SSSR count). The van der Waals surface area contributed by atoms with Gasteiger partial charge in [-0.1, -0.05) is 43.2 Å². The number of imidazole rings is 1. The van der Waals surface area contributed by atoms with E-state index >= 15 is 0 Å². The van der Waals surface area contributed by atoms with Crippen LogP contribution in [0.15, 0.2) is 36.7 Å². The lowest BCUT2D eigenvalue weighted by molar-refractivity contribution is 0.619. The molecule has 124 valence electrons. The fraction of sp³-hybridized carbons (Fsp3) is 0.421. The third-order valence-electron chi connectivity index (χ3n) is 4.72. The van der Waals surface area contributed by atoms with Crippen molar-refractivity contribution in [2.24, 2.45) is 0 Å². The number of rotatable bonds is 4. The summed E-state index contributed by atoms with van der Waals surface area (Å²) in [6, 6.07) is 11.1. The molecule has 1 aromatic carbocycles. The van der Waals surface area contributed by atoms with Crippen molar-refractivity contribution in [3.63, 3.8) is 0 Å². The van der Waals surface area contributed by atoms with E-state index in [4.69, 9.17) is 4.98 Å². The molecule has 1 aliphatic carbocycles. The molecular formula is C19H23N5. The average Bonchev–Trinajstić information content (AvgIpc) is 3.23. The molecule has 1 N–H and O–H groups in total. The predicted molar refractivity (Wildman–Crippen MR) is 97.0 cm³/mol. The topological polar surface area (TPSA) is 55.6 Å². The van der Waals surface area contributed by atoms with Gasteiger partial charge in [0.25, 0.3) is 0 Å². The zero-order valence-electron chi connectivity index (χ0n) is 14.2. The standard InChI is InChI=1S/C19H23N5/c1-13(2)24-18(14-8-4-3-5-9-14)23-16-17(20-12-21-19(16)24)22-15-10-6-7-11-15/h3-5,8-9,12-13,15H,6-7,10-11H2,1-2H3,(H,20,21,22). The molecule has 0 amide bonds. The number of hydrogen-bond acceptors (Lipinski definition) is 4. The Hall–Kier alpha value is -2.43. The Morgan fingerprint density at radius 1 is 1.08 bits per heavy atom. The van der Waals surface area contributed by atoms with Crippen LogP contribution < -0.4 is 5.32 Å². The van der Waals surface area contributed by atoms with E-state index in [9.17, 15) is 0 Å². The van der Waals surface area contributed by atoms with Crippen LogP contribution in [-0.2, 0) is 0 Å². The fourth-order valence-electron chi connectivity index (χ4n) is 3.56. The zero-order valence-corrected chi connectivity index (χ0v) is 14.2. The summed E-state index contributed by atoms with van der Waals surface area (Å²) in [5.41, 5.74) is 2.88. The van der Waals surface area contributed by atoms with Gasteiger partial charge in [-0.3, -0.25) is 0 Å². The van der Waals surface area contributed by atoms with Crippen LogP contribution in [0.4, 0.5) is 5.82 Å². The number of nitrogens with zero attached hydrogens (tertiary/aromatic N) is 4. The maximum atomic E-state index is 4.92. The van der Waals surface area contributed by atoms with E-state index in [1.54, 1.807) is 6.33 Å². The lowest BCUT2D eigenvalue weighted by atomic mass is 10.2. The molecule has 0 saturated heterocycles. The molecule has 1 aliphatic rings. The van der Waals surface area contributed by atoms with E-state index in [0.717, 1.165) is 28.4 Å². The third kappa shape index (κ3) is 2.64. The van der Waals surface area contributed by atoms with Crippen molar-refractivity contribution in [2.45, 2.75) is 51.6 Å². The van der Waals surface area contributed by atoms with Gasteiger partial charge in [-0.05, 0) is 26.7 Å². The van der Waals surface area contributed by atoms with Crippen LogP contribution in [-0.4, -0.2) is 25.6 Å². The average molecular weight is 321 g/mol. The van der Waals surface area contributed by atoms with Gasteiger partial charge in [0.05, 0.1) is 0 Å². The maximum Gasteiger partial charge on any atom is 0.166 e. The van der Waals surface area contributed by atoms with Crippen molar-refractivity contribution in [3.8, 4) is 11.4 Å². The first-order valence-corrected chi connectivity index (χ1v) is 8.79. The predicted octanol–water partition coefficient (Wildman–Crippen LogP) is 4.43. The number of hydrogen-bond donors (Lipinski definition) is 1. The summed E-state index contributed by atoms with van der Waals surface area (Å²) < 4.78 is 2.20. The zero-order chi connectivity index (χ0) is 16.5. The summed E-state index contributed by atoms with van der Waals surface area (Å²) in [4.78, 5) is 13.9. The first kappa shape index (κ1) is 15.1. The second-order valence-electron chi connectivity index (χ2n) is 6.79. The number of benzene rings is 1. The smallest absolute Gasteiger partial charge is 0.166 e. The van der Waals surface area contributed by atoms with E-state index in [2.05, 4.69) is 45.8 Å². The number of aromatic nitrogens is 4. The highest BCUT2D eigenvalue weighted by atomic mass is 15.2. The lowest BCUT2D eigenvalue weighted by Gasteiger charge is -2.13. The summed E-state index contributed by atoms with van der Waals surface area (Å²) in [5.74, 6) is 1.82. The minimum absolute atomic E-state index is 0.277. The van der Waals surface area contributed by atoms with Crippen molar-refractivity contribution in [1.29, 1.82) is 0 Å². The molecule has 1 saturated carbocycles. The third-order valence-corrected chi connectivity index (χ3v) is 4.72. The summed E-state index contributed by atoms with van der Waals surface area (Å²) in [6.45, 7) is 4.33. The summed E-state index contributed by atoms with van der Waals surface area (Å²) in [5, 5.41) is 3.59. The number of fused-ring (bicyclic) bond motifs is 1. The van der Waals surface area contributed by atoms with Gasteiger partial charge in [-0.25, -0.2) is 15.0 Å². The Bertz CT molecular complexity index is 832. The van der Waals surface area contributed by atoms with Gasteiger partial charge in [0.1, 0.15) is 12.2 Å². The largest absolute Gasteiger partial charge is 0.365 e. The molecule has 2 heterocycles. The molecule has 24 heavy (non-hydrogen) atoms. The van der Waals surface area contributed by atoms with Crippen molar-refractivity contribution in [3.05, 3.63) is 36.7 Å². The van der Waals surface area contributed by atoms with Gasteiger partial charge in [0, 0.05) is 17.6 Å². The van der Waals surface area contributed by atoms with Crippen LogP contribution >= 0.6 is 0 Å². The highest BCUT2D eigenvalue weighted by molar-refractivity contribution is 5.86. The van der Waals surface area contributed by atoms with Crippen LogP contribution in [0.2, 0.25) is 0 Å². The second-order valence-corrected chi connectivity index (χ2v) is 6.79. The molecular weight excluding hydrogens is 298 g/mol. The van der Waals surface area contributed by atoms with Gasteiger partial charge < -0.3 is 9.88 Å². The Kier molecular flexibility index (Phi) is 3.92. The van der Waals surface area contributed by atoms with Crippen LogP contribution in [0.5, 0.6) is 0 Å². The van der Waals surface area contributed by atoms with Gasteiger partial charge in [-0.15, -0.1) is 0 Å². The maximum absolute atomic E-state index is 4.92. The summed E-state index contributed by atoms with van der Waals surface area (Å²) in [6.07, 6.45) is 6.65. The minimum Gasteiger partial charge on any atom is -0.365 e. The van der Waals surface area contributed by atoms with E-state index in [1.807, 2.05) is 18.2 Å². The molecule has 0 atom stereocenters. The highest BCUT2D eigenvalue weighted by Crippen LogP contribution is 2.31. The van der Waals surface area contributed by atoms with Gasteiger partial charge in [0.2, 0.25) is 0 Å². The normalized spacial score (nSPS) is 15.5. The van der Waals surface area contributed by atoms with Crippen LogP contribution in [0, 0.1) is 0 Å². The first-order valence-electron chi connectivity index (χ1n) is 8.79. The second kappa shape index (κ2) is 6.23. The Labute approximate surface area is 142 Å². The van der Waals surface area contributed by atoms with Crippen molar-refractivity contribution < 1.29 is 0 Å². The highest BCUT2D eigenvalue weighted by Gasteiger charge is 2.21. The molecule has 0 spiro atoms. The monoisotopic (exact) mass is 321 g/mol. The van der Waals surface area contributed by atoms with Gasteiger partial charge >= 0.3 is 0 Å². The van der Waals surface area contributed by atoms with Crippen molar-refractivity contribution in [1.82, 2.24) is 19.5 Å². The molecule has 3 aromatic rings. The molecule has 2 aromatic heterocycles. The molecule has 0 bridgehead atoms. The number of nitrogens with one attached hydrogen (secondary N) is 1. The summed E-state index contributed by atoms with van der Waals surface area (Å²) in [7, 11) is 0. The van der Waals surface area contributed by atoms with Crippen molar-refractivity contribution in [2.75, 3.05) is 5.32 Å². The molecule has 5 nitrogen and oxygen atoms in total. The van der Waals surface area contributed by atoms with Gasteiger partial charge in [-0.2, -0.15) is 0 Å². The van der Waals surface area contributed by atoms with E-state index in [0.29, 0.717) is 6.04 Å². The van der Waals surface area contributed by atoms with Crippen LogP contribution in [0.1, 0.15) is 45.6 Å². The van der Waals surface area contributed by atoms with E-state index < -0.39 is 0 Å². The quantitative estimate of drug-likeness (QED) is 0.772. The first-order chi connectivity index (χ1) is 11.7. The van der Waals surface area contributed by atoms with Crippen molar-refractivity contribution >= 4 is 17.0 Å². The molecule has 5 heteroatoms. The molecule has 0 aliphatic heterocycles. The lowest BCUT2D eigenvalue weighted by Crippen LogP contribution is -2.16. The van der Waals surface area contributed by atoms with E-state index in [-0.39, 0.29) is 6.04 Å². The molecule has 0 radical (unpaired) electrons. The minimum atomic E-state index is 0.277. The molecule has 1 fully saturated rings. The van der Waals surface area contributed by atoms with E-state index in [1.165, 1.54) is 25.7 Å². The van der Waals surface area contributed by atoms with Crippen LogP contribution in [0.3, 0.4) is 0 Å². The Morgan fingerprint density at radius 3 is 2.54 bits per heavy atom. The number of anilines is 1. The summed E-state index contributed by atoms with van der Waals surface area (Å²) >= 11 is 0. The Balaban J connectivity index is 1.86.